The van der Waals surface area contributed by atoms with Gasteiger partial charge in [-0.2, -0.15) is 0 Å². The van der Waals surface area contributed by atoms with Gasteiger partial charge in [-0.15, -0.1) is 0 Å². The monoisotopic (exact) mass is 474 g/mol. The van der Waals surface area contributed by atoms with Crippen molar-refractivity contribution in [3.63, 3.8) is 0 Å². The van der Waals surface area contributed by atoms with Gasteiger partial charge in [-0.3, -0.25) is 14.4 Å². The third-order valence-corrected chi connectivity index (χ3v) is 5.02. The number of amides is 3. The number of carbonyl (C=O) groups excluding carboxylic acids is 3. The van der Waals surface area contributed by atoms with E-state index in [4.69, 9.17) is 27.4 Å². The van der Waals surface area contributed by atoms with Crippen molar-refractivity contribution < 1.29 is 29.4 Å². The first kappa shape index (κ1) is 30.7. The van der Waals surface area contributed by atoms with Crippen LogP contribution < -0.4 is 33.2 Å². The predicted octanol–water partition coefficient (Wildman–Crippen LogP) is -1.85. The molecule has 0 saturated carbocycles. The Balaban J connectivity index is 5.34. The van der Waals surface area contributed by atoms with Crippen LogP contribution in [0, 0.1) is 5.92 Å². The van der Waals surface area contributed by atoms with Gasteiger partial charge in [-0.25, -0.2) is 4.79 Å². The Morgan fingerprint density at radius 1 is 0.758 bits per heavy atom. The van der Waals surface area contributed by atoms with Crippen molar-refractivity contribution >= 4 is 23.7 Å². The van der Waals surface area contributed by atoms with Gasteiger partial charge in [0.15, 0.2) is 0 Å². The molecule has 192 valence electrons. The molecular formula is C21H42N6O6. The van der Waals surface area contributed by atoms with Crippen molar-refractivity contribution in [2.75, 3.05) is 19.7 Å². The predicted molar refractivity (Wildman–Crippen MR) is 124 cm³/mol. The summed E-state index contributed by atoms with van der Waals surface area (Å²) in [6.45, 7) is 3.82. The van der Waals surface area contributed by atoms with Crippen molar-refractivity contribution in [1.29, 1.82) is 0 Å². The molecule has 0 aliphatic carbocycles. The molecule has 0 aliphatic rings. The van der Waals surface area contributed by atoms with Gasteiger partial charge in [0, 0.05) is 0 Å². The van der Waals surface area contributed by atoms with Crippen molar-refractivity contribution in [3.8, 4) is 0 Å². The molecule has 0 heterocycles. The Labute approximate surface area is 195 Å². The molecule has 0 rings (SSSR count). The molecule has 33 heavy (non-hydrogen) atoms. The molecule has 12 nitrogen and oxygen atoms in total. The van der Waals surface area contributed by atoms with Crippen LogP contribution >= 0.6 is 0 Å². The molecule has 0 spiro atoms. The quantitative estimate of drug-likeness (QED) is 0.104. The molecule has 0 fully saturated rings. The molecule has 0 saturated heterocycles. The van der Waals surface area contributed by atoms with Gasteiger partial charge in [-0.05, 0) is 57.5 Å². The number of aliphatic hydroxyl groups is 1. The summed E-state index contributed by atoms with van der Waals surface area (Å²) >= 11 is 0. The number of aliphatic hydroxyl groups excluding tert-OH is 1. The Hall–Kier alpha value is -2.28. The molecular weight excluding hydrogens is 432 g/mol. The van der Waals surface area contributed by atoms with E-state index in [9.17, 15) is 19.2 Å². The van der Waals surface area contributed by atoms with Gasteiger partial charge >= 0.3 is 5.97 Å². The summed E-state index contributed by atoms with van der Waals surface area (Å²) < 4.78 is 0. The summed E-state index contributed by atoms with van der Waals surface area (Å²) in [7, 11) is 0. The Morgan fingerprint density at radius 3 is 1.73 bits per heavy atom. The molecule has 3 amide bonds. The van der Waals surface area contributed by atoms with Crippen LogP contribution in [0.25, 0.3) is 0 Å². The molecule has 0 aliphatic heterocycles. The number of aliphatic carboxylic acids is 1. The summed E-state index contributed by atoms with van der Waals surface area (Å²) in [5, 5.41) is 25.7. The van der Waals surface area contributed by atoms with E-state index in [2.05, 4.69) is 16.0 Å². The normalized spacial score (nSPS) is 14.8. The van der Waals surface area contributed by atoms with Crippen LogP contribution in [0.3, 0.4) is 0 Å². The zero-order valence-corrected chi connectivity index (χ0v) is 19.7. The van der Waals surface area contributed by atoms with Crippen LogP contribution in [0.5, 0.6) is 0 Å². The number of rotatable bonds is 18. The molecule has 11 N–H and O–H groups in total. The van der Waals surface area contributed by atoms with E-state index in [-0.39, 0.29) is 12.3 Å². The van der Waals surface area contributed by atoms with Crippen LogP contribution in [0.1, 0.15) is 58.8 Å². The van der Waals surface area contributed by atoms with E-state index >= 15 is 0 Å². The number of hydrogen-bond acceptors (Lipinski definition) is 8. The minimum atomic E-state index is -1.49. The van der Waals surface area contributed by atoms with E-state index in [0.29, 0.717) is 45.2 Å². The van der Waals surface area contributed by atoms with Crippen molar-refractivity contribution in [2.24, 2.45) is 23.1 Å². The molecule has 4 unspecified atom stereocenters. The highest BCUT2D eigenvalue weighted by Gasteiger charge is 2.30. The Morgan fingerprint density at radius 2 is 1.24 bits per heavy atom. The summed E-state index contributed by atoms with van der Waals surface area (Å²) in [5.41, 5.74) is 16.9. The lowest BCUT2D eigenvalue weighted by Crippen LogP contribution is -2.57. The first-order valence-corrected chi connectivity index (χ1v) is 11.5. The zero-order chi connectivity index (χ0) is 25.4. The minimum Gasteiger partial charge on any atom is -0.480 e. The van der Waals surface area contributed by atoms with E-state index < -0.39 is 54.5 Å². The average molecular weight is 475 g/mol. The van der Waals surface area contributed by atoms with Gasteiger partial charge in [0.2, 0.25) is 17.7 Å². The first-order valence-electron chi connectivity index (χ1n) is 11.5. The highest BCUT2D eigenvalue weighted by atomic mass is 16.4. The second-order valence-corrected chi connectivity index (χ2v) is 8.51. The second-order valence-electron chi connectivity index (χ2n) is 8.51. The molecule has 0 radical (unpaired) electrons. The summed E-state index contributed by atoms with van der Waals surface area (Å²) in [6.07, 6.45) is 3.60. The zero-order valence-electron chi connectivity index (χ0n) is 19.7. The van der Waals surface area contributed by atoms with Gasteiger partial charge in [0.1, 0.15) is 18.1 Å². The highest BCUT2D eigenvalue weighted by Crippen LogP contribution is 2.09. The molecule has 4 atom stereocenters. The fourth-order valence-electron chi connectivity index (χ4n) is 3.11. The number of nitrogens with two attached hydrogens (primary N) is 3. The van der Waals surface area contributed by atoms with Gasteiger partial charge in [-0.1, -0.05) is 20.3 Å². The molecule has 0 bridgehead atoms. The third-order valence-electron chi connectivity index (χ3n) is 5.02. The number of nitrogens with one attached hydrogen (secondary N) is 3. The maximum Gasteiger partial charge on any atom is 0.328 e. The largest absolute Gasteiger partial charge is 0.480 e. The minimum absolute atomic E-state index is 0.000275. The Kier molecular flexibility index (Phi) is 16.0. The molecule has 0 aromatic rings. The number of carbonyl (C=O) groups is 4. The lowest BCUT2D eigenvalue weighted by atomic mass is 10.0. The van der Waals surface area contributed by atoms with Crippen LogP contribution in [-0.2, 0) is 19.2 Å². The summed E-state index contributed by atoms with van der Waals surface area (Å²) in [5.74, 6) is -3.18. The Bertz CT molecular complexity index is 618. The second kappa shape index (κ2) is 17.2. The summed E-state index contributed by atoms with van der Waals surface area (Å²) in [4.78, 5) is 49.2. The van der Waals surface area contributed by atoms with Crippen molar-refractivity contribution in [3.05, 3.63) is 0 Å². The number of carboxylic acids is 1. The molecule has 0 aromatic carbocycles. The summed E-state index contributed by atoms with van der Waals surface area (Å²) in [6, 6.07) is -4.26. The molecule has 12 heteroatoms. The van der Waals surface area contributed by atoms with Crippen molar-refractivity contribution in [1.82, 2.24) is 16.0 Å². The van der Waals surface area contributed by atoms with E-state index in [0.717, 1.165) is 6.42 Å². The van der Waals surface area contributed by atoms with Gasteiger partial charge < -0.3 is 43.4 Å². The van der Waals surface area contributed by atoms with Gasteiger partial charge in [0.05, 0.1) is 12.6 Å². The standard InChI is InChI=1S/C21H42N6O6/c1-13(2)11-16(20(31)27-17(12-28)21(32)33)26-19(30)15(8-4-6-10-23)25-18(29)14(24)7-3-5-9-22/h13-17,28H,3-12,22-24H2,1-2H3,(H,25,29)(H,26,30)(H,27,31)(H,32,33). The highest BCUT2D eigenvalue weighted by molar-refractivity contribution is 5.94. The third kappa shape index (κ3) is 13.1. The van der Waals surface area contributed by atoms with Crippen LogP contribution in [0.2, 0.25) is 0 Å². The number of unbranched alkanes of at least 4 members (excludes halogenated alkanes) is 2. The lowest BCUT2D eigenvalue weighted by Gasteiger charge is -2.26. The van der Waals surface area contributed by atoms with Crippen molar-refractivity contribution in [2.45, 2.75) is 83.0 Å². The van der Waals surface area contributed by atoms with Crippen LogP contribution in [0.4, 0.5) is 0 Å². The average Bonchev–Trinajstić information content (AvgIpc) is 2.75. The molecule has 0 aromatic heterocycles. The fraction of sp³-hybridized carbons (Fsp3) is 0.810. The van der Waals surface area contributed by atoms with Gasteiger partial charge in [0.25, 0.3) is 0 Å². The van der Waals surface area contributed by atoms with E-state index in [1.807, 2.05) is 13.8 Å². The van der Waals surface area contributed by atoms with E-state index in [1.54, 1.807) is 0 Å². The smallest absolute Gasteiger partial charge is 0.328 e. The lowest BCUT2D eigenvalue weighted by molar-refractivity contribution is -0.143. The SMILES string of the molecule is CC(C)CC(NC(=O)C(CCCCN)NC(=O)C(N)CCCCN)C(=O)NC(CO)C(=O)O. The maximum atomic E-state index is 13.0. The van der Waals surface area contributed by atoms with E-state index in [1.165, 1.54) is 0 Å². The first-order chi connectivity index (χ1) is 15.6. The number of carboxylic acid groups (broad SMARTS) is 1. The fourth-order valence-corrected chi connectivity index (χ4v) is 3.11. The number of hydrogen-bond donors (Lipinski definition) is 8. The maximum absolute atomic E-state index is 13.0. The van der Waals surface area contributed by atoms with Crippen LogP contribution in [0.15, 0.2) is 0 Å². The topological polar surface area (TPSA) is 223 Å². The van der Waals surface area contributed by atoms with Crippen LogP contribution in [-0.4, -0.2) is 77.8 Å².